The first-order valence-corrected chi connectivity index (χ1v) is 8.36. The molecule has 0 fully saturated rings. The highest BCUT2D eigenvalue weighted by Gasteiger charge is 2.08. The third-order valence-electron chi connectivity index (χ3n) is 3.64. The lowest BCUT2D eigenvalue weighted by Gasteiger charge is -2.07. The minimum Gasteiger partial charge on any atom is -0.368 e. The van der Waals surface area contributed by atoms with Crippen molar-refractivity contribution in [2.24, 2.45) is 0 Å². The molecule has 2 aromatic carbocycles. The number of carbonyl (C=O) groups is 1. The summed E-state index contributed by atoms with van der Waals surface area (Å²) in [5.74, 6) is -0.0725. The number of hydrogen-bond donors (Lipinski definition) is 2. The van der Waals surface area contributed by atoms with E-state index in [1.165, 1.54) is 18.5 Å². The molecule has 5 nitrogen and oxygen atoms in total. The fourth-order valence-electron chi connectivity index (χ4n) is 2.29. The Morgan fingerprint density at radius 1 is 1.04 bits per heavy atom. The lowest BCUT2D eigenvalue weighted by atomic mass is 10.1. The number of nitrogens with zero attached hydrogens (tertiary/aromatic N) is 2. The van der Waals surface area contributed by atoms with Crippen molar-refractivity contribution in [1.29, 1.82) is 0 Å². The van der Waals surface area contributed by atoms with Crippen LogP contribution in [0.2, 0.25) is 5.02 Å². The van der Waals surface area contributed by atoms with Crippen LogP contribution in [0.1, 0.15) is 16.1 Å². The van der Waals surface area contributed by atoms with Gasteiger partial charge in [0.25, 0.3) is 5.91 Å². The van der Waals surface area contributed by atoms with Crippen molar-refractivity contribution >= 4 is 29.0 Å². The molecule has 0 unspecified atom stereocenters. The molecule has 2 N–H and O–H groups in total. The predicted molar refractivity (Wildman–Crippen MR) is 100 cm³/mol. The Morgan fingerprint density at radius 3 is 2.50 bits per heavy atom. The number of benzene rings is 2. The zero-order chi connectivity index (χ0) is 18.4. The van der Waals surface area contributed by atoms with Crippen molar-refractivity contribution in [3.8, 4) is 0 Å². The van der Waals surface area contributed by atoms with Crippen molar-refractivity contribution in [2.45, 2.75) is 6.42 Å². The zero-order valence-electron chi connectivity index (χ0n) is 13.7. The van der Waals surface area contributed by atoms with Gasteiger partial charge in [0.2, 0.25) is 0 Å². The molecular weight excluding hydrogens is 355 g/mol. The fraction of sp³-hybridized carbons (Fsp3) is 0.105. The van der Waals surface area contributed by atoms with Crippen LogP contribution in [-0.2, 0) is 6.42 Å². The van der Waals surface area contributed by atoms with Crippen LogP contribution in [0.4, 0.5) is 15.9 Å². The van der Waals surface area contributed by atoms with E-state index in [1.54, 1.807) is 42.5 Å². The van der Waals surface area contributed by atoms with Gasteiger partial charge in [0, 0.05) is 17.3 Å². The molecule has 0 saturated heterocycles. The van der Waals surface area contributed by atoms with E-state index in [4.69, 9.17) is 11.6 Å². The summed E-state index contributed by atoms with van der Waals surface area (Å²) in [6.07, 6.45) is 3.38. The standard InChI is InChI=1S/C19H16ClFN4O/c20-14-5-7-15(8-6-14)25-19(26)17-11-24-18(12-23-17)22-10-9-13-3-1-2-4-16(13)21/h1-8,11-12H,9-10H2,(H,22,24)(H,25,26). The smallest absolute Gasteiger partial charge is 0.275 e. The minimum absolute atomic E-state index is 0.194. The van der Waals surface area contributed by atoms with E-state index in [-0.39, 0.29) is 17.4 Å². The van der Waals surface area contributed by atoms with Crippen LogP contribution in [-0.4, -0.2) is 22.4 Å². The summed E-state index contributed by atoms with van der Waals surface area (Å²) in [5, 5.41) is 6.36. The molecule has 1 amide bonds. The molecule has 7 heteroatoms. The number of amides is 1. The van der Waals surface area contributed by atoms with Crippen LogP contribution in [0, 0.1) is 5.82 Å². The molecule has 0 radical (unpaired) electrons. The third kappa shape index (κ3) is 4.77. The van der Waals surface area contributed by atoms with E-state index in [2.05, 4.69) is 20.6 Å². The van der Waals surface area contributed by atoms with Gasteiger partial charge in [-0.3, -0.25) is 4.79 Å². The molecule has 0 aliphatic carbocycles. The van der Waals surface area contributed by atoms with Crippen LogP contribution in [0.3, 0.4) is 0 Å². The highest BCUT2D eigenvalue weighted by molar-refractivity contribution is 6.30. The molecule has 0 bridgehead atoms. The maximum absolute atomic E-state index is 13.6. The van der Waals surface area contributed by atoms with Gasteiger partial charge in [0.05, 0.1) is 12.4 Å². The lowest BCUT2D eigenvalue weighted by molar-refractivity contribution is 0.102. The van der Waals surface area contributed by atoms with Gasteiger partial charge in [0.15, 0.2) is 0 Å². The highest BCUT2D eigenvalue weighted by Crippen LogP contribution is 2.14. The summed E-state index contributed by atoms with van der Waals surface area (Å²) in [7, 11) is 0. The Bertz CT molecular complexity index is 885. The summed E-state index contributed by atoms with van der Waals surface area (Å²) in [5.41, 5.74) is 1.44. The second kappa shape index (κ2) is 8.40. The number of nitrogens with one attached hydrogen (secondary N) is 2. The summed E-state index contributed by atoms with van der Waals surface area (Å²) in [6.45, 7) is 0.506. The topological polar surface area (TPSA) is 66.9 Å². The zero-order valence-corrected chi connectivity index (χ0v) is 14.5. The second-order valence-electron chi connectivity index (χ2n) is 5.52. The van der Waals surface area contributed by atoms with Crippen molar-refractivity contribution in [3.63, 3.8) is 0 Å². The molecule has 3 rings (SSSR count). The van der Waals surface area contributed by atoms with E-state index < -0.39 is 0 Å². The lowest BCUT2D eigenvalue weighted by Crippen LogP contribution is -2.15. The summed E-state index contributed by atoms with van der Waals surface area (Å²) >= 11 is 5.81. The first-order chi connectivity index (χ1) is 12.6. The van der Waals surface area contributed by atoms with Crippen LogP contribution < -0.4 is 10.6 Å². The average molecular weight is 371 g/mol. The van der Waals surface area contributed by atoms with Gasteiger partial charge in [-0.1, -0.05) is 29.8 Å². The van der Waals surface area contributed by atoms with E-state index in [9.17, 15) is 9.18 Å². The normalized spacial score (nSPS) is 10.4. The van der Waals surface area contributed by atoms with Crippen molar-refractivity contribution < 1.29 is 9.18 Å². The largest absolute Gasteiger partial charge is 0.368 e. The maximum Gasteiger partial charge on any atom is 0.275 e. The summed E-state index contributed by atoms with van der Waals surface area (Å²) < 4.78 is 13.6. The number of aromatic nitrogens is 2. The molecule has 1 heterocycles. The number of carbonyl (C=O) groups excluding carboxylic acids is 1. The van der Waals surface area contributed by atoms with Gasteiger partial charge >= 0.3 is 0 Å². The first-order valence-electron chi connectivity index (χ1n) is 7.98. The SMILES string of the molecule is O=C(Nc1ccc(Cl)cc1)c1cnc(NCCc2ccccc2F)cn1. The van der Waals surface area contributed by atoms with Gasteiger partial charge in [-0.2, -0.15) is 0 Å². The maximum atomic E-state index is 13.6. The Balaban J connectivity index is 1.53. The molecule has 26 heavy (non-hydrogen) atoms. The van der Waals surface area contributed by atoms with Gasteiger partial charge in [-0.05, 0) is 42.3 Å². The van der Waals surface area contributed by atoms with E-state index >= 15 is 0 Å². The highest BCUT2D eigenvalue weighted by atomic mass is 35.5. The Kier molecular flexibility index (Phi) is 5.76. The quantitative estimate of drug-likeness (QED) is 0.683. The van der Waals surface area contributed by atoms with Crippen LogP contribution >= 0.6 is 11.6 Å². The first kappa shape index (κ1) is 17.8. The Labute approximate surface area is 155 Å². The van der Waals surface area contributed by atoms with Gasteiger partial charge in [0.1, 0.15) is 17.3 Å². The van der Waals surface area contributed by atoms with E-state index in [1.807, 2.05) is 0 Å². The summed E-state index contributed by atoms with van der Waals surface area (Å²) in [4.78, 5) is 20.4. The molecule has 0 saturated carbocycles. The molecule has 0 aliphatic rings. The fourth-order valence-corrected chi connectivity index (χ4v) is 2.42. The van der Waals surface area contributed by atoms with Gasteiger partial charge in [-0.25, -0.2) is 14.4 Å². The third-order valence-corrected chi connectivity index (χ3v) is 3.90. The Hall–Kier alpha value is -2.99. The number of halogens is 2. The molecule has 0 spiro atoms. The molecule has 3 aromatic rings. The van der Waals surface area contributed by atoms with Crippen LogP contribution in [0.15, 0.2) is 60.9 Å². The molecule has 132 valence electrons. The predicted octanol–water partition coefficient (Wildman–Crippen LogP) is 4.18. The van der Waals surface area contributed by atoms with Gasteiger partial charge < -0.3 is 10.6 Å². The van der Waals surface area contributed by atoms with E-state index in [0.29, 0.717) is 35.1 Å². The number of anilines is 2. The van der Waals surface area contributed by atoms with Crippen molar-refractivity contribution in [3.05, 3.63) is 83.0 Å². The number of rotatable bonds is 6. The van der Waals surface area contributed by atoms with Crippen molar-refractivity contribution in [1.82, 2.24) is 9.97 Å². The molecule has 1 aromatic heterocycles. The number of hydrogen-bond acceptors (Lipinski definition) is 4. The minimum atomic E-state index is -0.363. The molecular formula is C19H16ClFN4O. The second-order valence-corrected chi connectivity index (χ2v) is 5.95. The van der Waals surface area contributed by atoms with Crippen LogP contribution in [0.5, 0.6) is 0 Å². The van der Waals surface area contributed by atoms with Gasteiger partial charge in [-0.15, -0.1) is 0 Å². The summed E-state index contributed by atoms with van der Waals surface area (Å²) in [6, 6.07) is 13.4. The Morgan fingerprint density at radius 2 is 1.81 bits per heavy atom. The molecule has 0 atom stereocenters. The van der Waals surface area contributed by atoms with Crippen molar-refractivity contribution in [2.75, 3.05) is 17.2 Å². The molecule has 0 aliphatic heterocycles. The van der Waals surface area contributed by atoms with Crippen LogP contribution in [0.25, 0.3) is 0 Å². The monoisotopic (exact) mass is 370 g/mol. The average Bonchev–Trinajstić information content (AvgIpc) is 2.66. The van der Waals surface area contributed by atoms with E-state index in [0.717, 1.165) is 0 Å².